The molecule has 3 heteroatoms. The first-order chi connectivity index (χ1) is 5.25. The van der Waals surface area contributed by atoms with E-state index in [-0.39, 0.29) is 5.92 Å². The van der Waals surface area contributed by atoms with Crippen LogP contribution in [0.4, 0.5) is 0 Å². The molecule has 1 aromatic heterocycles. The quantitative estimate of drug-likeness (QED) is 0.604. The number of nitriles is 1. The van der Waals surface area contributed by atoms with E-state index in [1.165, 1.54) is 6.20 Å². The van der Waals surface area contributed by atoms with Gasteiger partial charge in [-0.25, -0.2) is 0 Å². The third-order valence-corrected chi connectivity index (χ3v) is 1.42. The van der Waals surface area contributed by atoms with Gasteiger partial charge in [0.05, 0.1) is 17.5 Å². The third-order valence-electron chi connectivity index (χ3n) is 1.42. The Balaban J connectivity index is 3.15. The first-order valence-corrected chi connectivity index (χ1v) is 3.47. The minimum atomic E-state index is 0.262. The van der Waals surface area contributed by atoms with Crippen LogP contribution in [-0.4, -0.2) is 10.2 Å². The van der Waals surface area contributed by atoms with E-state index < -0.39 is 0 Å². The molecule has 0 fully saturated rings. The van der Waals surface area contributed by atoms with Gasteiger partial charge in [-0.3, -0.25) is 0 Å². The van der Waals surface area contributed by atoms with Crippen molar-refractivity contribution in [3.05, 3.63) is 23.5 Å². The van der Waals surface area contributed by atoms with Crippen molar-refractivity contribution in [1.29, 1.82) is 5.26 Å². The summed E-state index contributed by atoms with van der Waals surface area (Å²) in [4.78, 5) is 0. The summed E-state index contributed by atoms with van der Waals surface area (Å²) in [5.74, 6) is 0.262. The second-order valence-electron chi connectivity index (χ2n) is 2.60. The smallest absolute Gasteiger partial charge is 0.101 e. The molecule has 0 N–H and O–H groups in total. The zero-order chi connectivity index (χ0) is 8.27. The van der Waals surface area contributed by atoms with Gasteiger partial charge < -0.3 is 0 Å². The highest BCUT2D eigenvalue weighted by Crippen LogP contribution is 2.13. The Bertz CT molecular complexity index is 286. The normalized spacial score (nSPS) is 9.64. The van der Waals surface area contributed by atoms with Crippen molar-refractivity contribution in [3.63, 3.8) is 0 Å². The molecular formula is C8H9N3. The molecule has 0 amide bonds. The molecule has 56 valence electrons. The fourth-order valence-electron chi connectivity index (χ4n) is 0.864. The van der Waals surface area contributed by atoms with E-state index in [4.69, 9.17) is 5.26 Å². The van der Waals surface area contributed by atoms with Crippen LogP contribution in [0.2, 0.25) is 0 Å². The molecule has 0 aliphatic carbocycles. The van der Waals surface area contributed by atoms with Crippen LogP contribution in [0.15, 0.2) is 12.3 Å². The summed E-state index contributed by atoms with van der Waals surface area (Å²) < 4.78 is 0. The van der Waals surface area contributed by atoms with Crippen molar-refractivity contribution in [3.8, 4) is 6.07 Å². The van der Waals surface area contributed by atoms with Gasteiger partial charge in [0.1, 0.15) is 6.07 Å². The van der Waals surface area contributed by atoms with Crippen LogP contribution in [0.1, 0.15) is 31.0 Å². The first-order valence-electron chi connectivity index (χ1n) is 3.47. The lowest BCUT2D eigenvalue weighted by Gasteiger charge is -2.02. The number of hydrogen-bond acceptors (Lipinski definition) is 3. The summed E-state index contributed by atoms with van der Waals surface area (Å²) in [6, 6.07) is 3.76. The van der Waals surface area contributed by atoms with E-state index in [0.29, 0.717) is 5.56 Å². The van der Waals surface area contributed by atoms with Gasteiger partial charge in [0.25, 0.3) is 0 Å². The molecule has 0 saturated carbocycles. The molecule has 0 saturated heterocycles. The van der Waals surface area contributed by atoms with Gasteiger partial charge in [0.2, 0.25) is 0 Å². The summed E-state index contributed by atoms with van der Waals surface area (Å²) in [5.41, 5.74) is 1.39. The Hall–Kier alpha value is -1.43. The summed E-state index contributed by atoms with van der Waals surface area (Å²) in [7, 11) is 0. The van der Waals surface area contributed by atoms with E-state index in [9.17, 15) is 0 Å². The number of rotatable bonds is 1. The molecule has 1 rings (SSSR count). The highest BCUT2D eigenvalue weighted by molar-refractivity contribution is 5.32. The first kappa shape index (κ1) is 7.67. The molecular weight excluding hydrogens is 138 g/mol. The summed E-state index contributed by atoms with van der Waals surface area (Å²) in [5, 5.41) is 16.2. The fraction of sp³-hybridized carbons (Fsp3) is 0.375. The topological polar surface area (TPSA) is 49.6 Å². The molecule has 0 spiro atoms. The van der Waals surface area contributed by atoms with Crippen molar-refractivity contribution in [1.82, 2.24) is 10.2 Å². The van der Waals surface area contributed by atoms with Gasteiger partial charge in [-0.05, 0) is 12.0 Å². The average molecular weight is 147 g/mol. The number of hydrogen-bond donors (Lipinski definition) is 0. The van der Waals surface area contributed by atoms with Crippen molar-refractivity contribution in [2.24, 2.45) is 0 Å². The van der Waals surface area contributed by atoms with Crippen molar-refractivity contribution in [2.45, 2.75) is 19.8 Å². The van der Waals surface area contributed by atoms with Gasteiger partial charge >= 0.3 is 0 Å². The lowest BCUT2D eigenvalue weighted by atomic mass is 10.1. The molecule has 0 aromatic carbocycles. The van der Waals surface area contributed by atoms with Crippen LogP contribution >= 0.6 is 0 Å². The van der Waals surface area contributed by atoms with Gasteiger partial charge in [-0.15, -0.1) is 0 Å². The zero-order valence-electron chi connectivity index (χ0n) is 6.57. The summed E-state index contributed by atoms with van der Waals surface area (Å²) >= 11 is 0. The molecule has 0 atom stereocenters. The Kier molecular flexibility index (Phi) is 2.17. The summed E-state index contributed by atoms with van der Waals surface area (Å²) in [6.45, 7) is 3.98. The van der Waals surface area contributed by atoms with Gasteiger partial charge in [-0.1, -0.05) is 13.8 Å². The van der Waals surface area contributed by atoms with E-state index in [1.54, 1.807) is 6.07 Å². The van der Waals surface area contributed by atoms with Crippen LogP contribution in [0.25, 0.3) is 0 Å². The lowest BCUT2D eigenvalue weighted by molar-refractivity contribution is 0.780. The molecule has 0 unspecified atom stereocenters. The molecule has 1 heterocycles. The molecule has 0 aliphatic heterocycles. The van der Waals surface area contributed by atoms with Gasteiger partial charge in [-0.2, -0.15) is 15.5 Å². The monoisotopic (exact) mass is 147 g/mol. The maximum Gasteiger partial charge on any atom is 0.101 e. The largest absolute Gasteiger partial charge is 0.192 e. The Morgan fingerprint density at radius 1 is 1.55 bits per heavy atom. The van der Waals surface area contributed by atoms with Crippen LogP contribution in [0.5, 0.6) is 0 Å². The molecule has 0 aliphatic rings. The van der Waals surface area contributed by atoms with Crippen molar-refractivity contribution >= 4 is 0 Å². The zero-order valence-corrected chi connectivity index (χ0v) is 6.57. The van der Waals surface area contributed by atoms with Crippen LogP contribution in [0.3, 0.4) is 0 Å². The maximum atomic E-state index is 8.65. The third kappa shape index (κ3) is 1.53. The fourth-order valence-corrected chi connectivity index (χ4v) is 0.864. The highest BCUT2D eigenvalue weighted by atomic mass is 15.1. The SMILES string of the molecule is CC(C)c1nnccc1C#N. The Labute approximate surface area is 65.7 Å². The van der Waals surface area contributed by atoms with Crippen LogP contribution < -0.4 is 0 Å². The summed E-state index contributed by atoms with van der Waals surface area (Å²) in [6.07, 6.45) is 1.53. The maximum absolute atomic E-state index is 8.65. The molecule has 0 radical (unpaired) electrons. The Morgan fingerprint density at radius 3 is 2.73 bits per heavy atom. The van der Waals surface area contributed by atoms with E-state index >= 15 is 0 Å². The van der Waals surface area contributed by atoms with E-state index in [1.807, 2.05) is 13.8 Å². The molecule has 0 bridgehead atoms. The molecule has 11 heavy (non-hydrogen) atoms. The number of aromatic nitrogens is 2. The van der Waals surface area contributed by atoms with E-state index in [2.05, 4.69) is 16.3 Å². The van der Waals surface area contributed by atoms with Crippen LogP contribution in [-0.2, 0) is 0 Å². The van der Waals surface area contributed by atoms with Gasteiger partial charge in [0, 0.05) is 0 Å². The second kappa shape index (κ2) is 3.11. The Morgan fingerprint density at radius 2 is 2.27 bits per heavy atom. The molecule has 3 nitrogen and oxygen atoms in total. The van der Waals surface area contributed by atoms with Gasteiger partial charge in [0.15, 0.2) is 0 Å². The second-order valence-corrected chi connectivity index (χ2v) is 2.60. The molecule has 1 aromatic rings. The minimum Gasteiger partial charge on any atom is -0.192 e. The highest BCUT2D eigenvalue weighted by Gasteiger charge is 2.06. The van der Waals surface area contributed by atoms with Crippen molar-refractivity contribution < 1.29 is 0 Å². The number of nitrogens with zero attached hydrogens (tertiary/aromatic N) is 3. The average Bonchev–Trinajstić information content (AvgIpc) is 2.04. The standard InChI is InChI=1S/C8H9N3/c1-6(2)8-7(5-9)3-4-10-11-8/h3-4,6H,1-2H3. The lowest BCUT2D eigenvalue weighted by Crippen LogP contribution is -1.98. The minimum absolute atomic E-state index is 0.262. The van der Waals surface area contributed by atoms with Crippen molar-refractivity contribution in [2.75, 3.05) is 0 Å². The predicted octanol–water partition coefficient (Wildman–Crippen LogP) is 1.47. The van der Waals surface area contributed by atoms with E-state index in [0.717, 1.165) is 5.69 Å². The van der Waals surface area contributed by atoms with Crippen LogP contribution in [0, 0.1) is 11.3 Å². The predicted molar refractivity (Wildman–Crippen MR) is 40.8 cm³/mol.